The summed E-state index contributed by atoms with van der Waals surface area (Å²) in [5, 5.41) is 0. The van der Waals surface area contributed by atoms with Crippen LogP contribution >= 0.6 is 15.9 Å². The molecule has 0 saturated heterocycles. The largest absolute Gasteiger partial charge is 0.372 e. The average molecular weight is 341 g/mol. The Balaban J connectivity index is 2.07. The van der Waals surface area contributed by atoms with Gasteiger partial charge in [0.05, 0.1) is 0 Å². The molecule has 0 bridgehead atoms. The first-order valence-corrected chi connectivity index (χ1v) is 7.30. The first kappa shape index (κ1) is 13.9. The summed E-state index contributed by atoms with van der Waals surface area (Å²) >= 11 is 3.63. The number of benzene rings is 1. The summed E-state index contributed by atoms with van der Waals surface area (Å²) in [7, 11) is 1.64. The quantitative estimate of drug-likeness (QED) is 0.664. The lowest BCUT2D eigenvalue weighted by Gasteiger charge is -1.98. The van der Waals surface area contributed by atoms with Crippen LogP contribution in [0.4, 0.5) is 0 Å². The standard InChI is InChI=1S/C17H13BrN2O/c1-21-11-5-6-13-9-10-15-19-16(17(18)20(15)12-13)14-7-3-2-4-8-14/h2-4,7-10,12H,11H2,1H3. The van der Waals surface area contributed by atoms with Crippen molar-refractivity contribution in [1.29, 1.82) is 0 Å². The summed E-state index contributed by atoms with van der Waals surface area (Å²) in [5.41, 5.74) is 3.83. The zero-order chi connectivity index (χ0) is 14.7. The van der Waals surface area contributed by atoms with Gasteiger partial charge in [0.25, 0.3) is 0 Å². The Labute approximate surface area is 131 Å². The molecule has 1 aromatic carbocycles. The van der Waals surface area contributed by atoms with Crippen LogP contribution in [0.5, 0.6) is 0 Å². The molecule has 0 unspecified atom stereocenters. The van der Waals surface area contributed by atoms with Crippen LogP contribution in [0.1, 0.15) is 5.56 Å². The molecule has 21 heavy (non-hydrogen) atoms. The summed E-state index contributed by atoms with van der Waals surface area (Å²) in [4.78, 5) is 4.66. The van der Waals surface area contributed by atoms with Crippen molar-refractivity contribution < 1.29 is 4.74 Å². The second-order valence-electron chi connectivity index (χ2n) is 4.50. The zero-order valence-corrected chi connectivity index (χ0v) is 13.1. The van der Waals surface area contributed by atoms with E-state index in [9.17, 15) is 0 Å². The number of methoxy groups -OCH3 is 1. The summed E-state index contributed by atoms with van der Waals surface area (Å²) in [6.07, 6.45) is 1.97. The van der Waals surface area contributed by atoms with Crippen LogP contribution in [-0.4, -0.2) is 23.1 Å². The number of aromatic nitrogens is 2. The average Bonchev–Trinajstić information content (AvgIpc) is 2.85. The second-order valence-corrected chi connectivity index (χ2v) is 5.25. The maximum absolute atomic E-state index is 4.93. The molecule has 0 saturated carbocycles. The van der Waals surface area contributed by atoms with Gasteiger partial charge in [-0.15, -0.1) is 0 Å². The lowest BCUT2D eigenvalue weighted by molar-refractivity contribution is 0.240. The summed E-state index contributed by atoms with van der Waals surface area (Å²) in [6.45, 7) is 0.429. The van der Waals surface area contributed by atoms with E-state index in [1.807, 2.05) is 53.1 Å². The number of rotatable bonds is 2. The minimum absolute atomic E-state index is 0.429. The van der Waals surface area contributed by atoms with E-state index in [0.717, 1.165) is 27.1 Å². The summed E-state index contributed by atoms with van der Waals surface area (Å²) < 4.78 is 7.86. The van der Waals surface area contributed by atoms with Gasteiger partial charge in [-0.3, -0.25) is 4.40 Å². The Morgan fingerprint density at radius 3 is 2.76 bits per heavy atom. The maximum atomic E-state index is 4.93. The topological polar surface area (TPSA) is 26.5 Å². The van der Waals surface area contributed by atoms with Crippen molar-refractivity contribution in [3.05, 3.63) is 58.8 Å². The second kappa shape index (κ2) is 6.13. The van der Waals surface area contributed by atoms with Gasteiger partial charge in [-0.05, 0) is 28.1 Å². The van der Waals surface area contributed by atoms with Crippen molar-refractivity contribution in [3.63, 3.8) is 0 Å². The normalized spacial score (nSPS) is 10.4. The number of nitrogens with zero attached hydrogens (tertiary/aromatic N) is 2. The lowest BCUT2D eigenvalue weighted by atomic mass is 10.2. The molecule has 0 aliphatic heterocycles. The van der Waals surface area contributed by atoms with E-state index >= 15 is 0 Å². The summed E-state index contributed by atoms with van der Waals surface area (Å²) in [5.74, 6) is 6.02. The van der Waals surface area contributed by atoms with Crippen molar-refractivity contribution in [1.82, 2.24) is 9.38 Å². The smallest absolute Gasteiger partial charge is 0.138 e. The SMILES string of the molecule is COCC#Cc1ccc2nc(-c3ccccc3)c(Br)n2c1. The van der Waals surface area contributed by atoms with Crippen molar-refractivity contribution >= 4 is 21.6 Å². The number of imidazole rings is 1. The van der Waals surface area contributed by atoms with Crippen molar-refractivity contribution in [2.75, 3.05) is 13.7 Å². The molecule has 104 valence electrons. The molecular formula is C17H13BrN2O. The molecule has 0 radical (unpaired) electrons. The van der Waals surface area contributed by atoms with E-state index in [-0.39, 0.29) is 0 Å². The Bertz CT molecular complexity index is 828. The number of fused-ring (bicyclic) bond motifs is 1. The molecule has 0 amide bonds. The Morgan fingerprint density at radius 1 is 1.19 bits per heavy atom. The summed E-state index contributed by atoms with van der Waals surface area (Å²) in [6, 6.07) is 14.0. The lowest BCUT2D eigenvalue weighted by Crippen LogP contribution is -1.87. The van der Waals surface area contributed by atoms with Crippen LogP contribution in [-0.2, 0) is 4.74 Å². The Hall–Kier alpha value is -2.09. The van der Waals surface area contributed by atoms with E-state index in [2.05, 4.69) is 32.8 Å². The molecule has 3 nitrogen and oxygen atoms in total. The van der Waals surface area contributed by atoms with E-state index < -0.39 is 0 Å². The minimum atomic E-state index is 0.429. The van der Waals surface area contributed by atoms with Gasteiger partial charge < -0.3 is 4.74 Å². The van der Waals surface area contributed by atoms with Crippen molar-refractivity contribution in [2.45, 2.75) is 0 Å². The van der Waals surface area contributed by atoms with Gasteiger partial charge in [0, 0.05) is 24.4 Å². The number of hydrogen-bond donors (Lipinski definition) is 0. The number of hydrogen-bond acceptors (Lipinski definition) is 2. The van der Waals surface area contributed by atoms with Gasteiger partial charge in [-0.2, -0.15) is 0 Å². The molecule has 0 spiro atoms. The molecule has 0 aliphatic rings. The third kappa shape index (κ3) is 2.85. The van der Waals surface area contributed by atoms with Gasteiger partial charge in [0.1, 0.15) is 22.6 Å². The van der Waals surface area contributed by atoms with Crippen LogP contribution in [0, 0.1) is 11.8 Å². The molecular weight excluding hydrogens is 328 g/mol. The number of halogens is 1. The van der Waals surface area contributed by atoms with Crippen molar-refractivity contribution in [2.24, 2.45) is 0 Å². The number of ether oxygens (including phenoxy) is 1. The first-order valence-electron chi connectivity index (χ1n) is 6.50. The van der Waals surface area contributed by atoms with Crippen LogP contribution in [0.25, 0.3) is 16.9 Å². The van der Waals surface area contributed by atoms with Crippen LogP contribution < -0.4 is 0 Å². The van der Waals surface area contributed by atoms with E-state index in [1.165, 1.54) is 0 Å². The van der Waals surface area contributed by atoms with Gasteiger partial charge in [-0.1, -0.05) is 42.2 Å². The monoisotopic (exact) mass is 340 g/mol. The molecule has 3 aromatic rings. The fraction of sp³-hybridized carbons (Fsp3) is 0.118. The molecule has 0 N–H and O–H groups in total. The Morgan fingerprint density at radius 2 is 2.00 bits per heavy atom. The highest BCUT2D eigenvalue weighted by atomic mass is 79.9. The van der Waals surface area contributed by atoms with Crippen LogP contribution in [0.15, 0.2) is 53.3 Å². The zero-order valence-electron chi connectivity index (χ0n) is 11.5. The third-order valence-electron chi connectivity index (χ3n) is 3.06. The van der Waals surface area contributed by atoms with Crippen molar-refractivity contribution in [3.8, 4) is 23.1 Å². The van der Waals surface area contributed by atoms with Gasteiger partial charge in [-0.25, -0.2) is 4.98 Å². The van der Waals surface area contributed by atoms with Gasteiger partial charge in [0.15, 0.2) is 0 Å². The fourth-order valence-corrected chi connectivity index (χ4v) is 2.68. The predicted octanol–water partition coefficient (Wildman–Crippen LogP) is 3.76. The molecule has 2 aromatic heterocycles. The molecule has 4 heteroatoms. The number of pyridine rings is 1. The molecule has 2 heterocycles. The van der Waals surface area contributed by atoms with E-state index in [0.29, 0.717) is 6.61 Å². The highest BCUT2D eigenvalue weighted by Gasteiger charge is 2.11. The van der Waals surface area contributed by atoms with E-state index in [1.54, 1.807) is 7.11 Å². The molecule has 0 fully saturated rings. The van der Waals surface area contributed by atoms with Crippen LogP contribution in [0.2, 0.25) is 0 Å². The van der Waals surface area contributed by atoms with Crippen LogP contribution in [0.3, 0.4) is 0 Å². The molecule has 0 aliphatic carbocycles. The maximum Gasteiger partial charge on any atom is 0.138 e. The van der Waals surface area contributed by atoms with E-state index in [4.69, 9.17) is 4.74 Å². The fourth-order valence-electron chi connectivity index (χ4n) is 2.08. The Kier molecular flexibility index (Phi) is 4.05. The van der Waals surface area contributed by atoms with Gasteiger partial charge >= 0.3 is 0 Å². The first-order chi connectivity index (χ1) is 10.3. The minimum Gasteiger partial charge on any atom is -0.372 e. The third-order valence-corrected chi connectivity index (χ3v) is 3.81. The highest BCUT2D eigenvalue weighted by molar-refractivity contribution is 9.10. The highest BCUT2D eigenvalue weighted by Crippen LogP contribution is 2.28. The predicted molar refractivity (Wildman–Crippen MR) is 87.1 cm³/mol. The molecule has 3 rings (SSSR count). The molecule has 0 atom stereocenters. The van der Waals surface area contributed by atoms with Gasteiger partial charge in [0.2, 0.25) is 0 Å².